The molecule has 31 heavy (non-hydrogen) atoms. The van der Waals surface area contributed by atoms with Crippen molar-refractivity contribution in [3.8, 4) is 11.1 Å². The fraction of sp³-hybridized carbons (Fsp3) is 0.577. The molecule has 3 fully saturated rings. The summed E-state index contributed by atoms with van der Waals surface area (Å²) in [6.07, 6.45) is 8.61. The fourth-order valence-electron chi connectivity index (χ4n) is 5.90. The van der Waals surface area contributed by atoms with E-state index in [0.717, 1.165) is 37.8 Å². The minimum absolute atomic E-state index is 0.242. The Hall–Kier alpha value is -1.79. The number of aromatic nitrogens is 1. The molecule has 166 valence electrons. The normalized spacial score (nSPS) is 28.4. The number of pyridine rings is 1. The van der Waals surface area contributed by atoms with Crippen LogP contribution in [0.4, 0.5) is 0 Å². The topological polar surface area (TPSA) is 48.8 Å². The summed E-state index contributed by atoms with van der Waals surface area (Å²) in [4.78, 5) is 9.53. The molecule has 0 aliphatic carbocycles. The van der Waals surface area contributed by atoms with Gasteiger partial charge in [-0.2, -0.15) is 0 Å². The molecule has 0 saturated carbocycles. The molecule has 4 heterocycles. The molecular weight excluding hydrogens is 386 g/mol. The monoisotopic (exact) mass is 421 g/mol. The van der Waals surface area contributed by atoms with Crippen molar-refractivity contribution in [2.24, 2.45) is 5.92 Å². The van der Waals surface area contributed by atoms with Gasteiger partial charge in [0, 0.05) is 56.7 Å². The number of benzene rings is 1. The molecule has 1 N–H and O–H groups in total. The lowest BCUT2D eigenvalue weighted by Gasteiger charge is -2.57. The summed E-state index contributed by atoms with van der Waals surface area (Å²) < 4.78 is 5.57. The number of fused-ring (bicyclic) bond motifs is 1. The molecule has 0 amide bonds. The number of ether oxygens (including phenoxy) is 1. The molecule has 0 spiro atoms. The lowest BCUT2D eigenvalue weighted by molar-refractivity contribution is -0.0677. The zero-order valence-corrected chi connectivity index (χ0v) is 18.4. The van der Waals surface area contributed by atoms with E-state index < -0.39 is 0 Å². The van der Waals surface area contributed by atoms with Crippen molar-refractivity contribution in [3.63, 3.8) is 0 Å². The third kappa shape index (κ3) is 4.56. The molecule has 3 saturated heterocycles. The lowest BCUT2D eigenvalue weighted by Crippen LogP contribution is -2.67. The second kappa shape index (κ2) is 9.78. The first kappa shape index (κ1) is 21.1. The maximum absolute atomic E-state index is 10.2. The van der Waals surface area contributed by atoms with Gasteiger partial charge in [0.05, 0.1) is 6.61 Å². The van der Waals surface area contributed by atoms with Crippen LogP contribution < -0.4 is 0 Å². The van der Waals surface area contributed by atoms with Gasteiger partial charge in [0.1, 0.15) is 0 Å². The first-order valence-electron chi connectivity index (χ1n) is 12.0. The van der Waals surface area contributed by atoms with E-state index in [2.05, 4.69) is 45.1 Å². The Morgan fingerprint density at radius 1 is 1.00 bits per heavy atom. The van der Waals surface area contributed by atoms with E-state index in [-0.39, 0.29) is 12.6 Å². The standard InChI is InChI=1S/C26H35N3O2/c30-19-25-26(22-7-5-21(6-8-22)23-4-3-11-27-16-23)24-18-28(12-1-2-13-29(24)25)17-20-9-14-31-15-10-20/h3-8,11,16,20,24-26,30H,1-2,9-10,12-15,17-19H2/t24-,25-,26-/m0/s1. The molecule has 2 aromatic rings. The van der Waals surface area contributed by atoms with Gasteiger partial charge in [0.15, 0.2) is 0 Å². The molecule has 0 bridgehead atoms. The van der Waals surface area contributed by atoms with Crippen molar-refractivity contribution in [2.45, 2.75) is 43.7 Å². The van der Waals surface area contributed by atoms with Crippen LogP contribution in [0.25, 0.3) is 11.1 Å². The Bertz CT molecular complexity index is 822. The summed E-state index contributed by atoms with van der Waals surface area (Å²) in [7, 11) is 0. The van der Waals surface area contributed by atoms with E-state index in [1.54, 1.807) is 0 Å². The molecule has 5 heteroatoms. The predicted molar refractivity (Wildman–Crippen MR) is 123 cm³/mol. The second-order valence-electron chi connectivity index (χ2n) is 9.47. The molecule has 0 unspecified atom stereocenters. The van der Waals surface area contributed by atoms with Crippen molar-refractivity contribution >= 4 is 0 Å². The van der Waals surface area contributed by atoms with E-state index in [0.29, 0.717) is 12.0 Å². The predicted octanol–water partition coefficient (Wildman–Crippen LogP) is 3.40. The van der Waals surface area contributed by atoms with Gasteiger partial charge in [-0.3, -0.25) is 9.88 Å². The summed E-state index contributed by atoms with van der Waals surface area (Å²) >= 11 is 0. The third-order valence-electron chi connectivity index (χ3n) is 7.60. The van der Waals surface area contributed by atoms with Gasteiger partial charge in [-0.25, -0.2) is 0 Å². The summed E-state index contributed by atoms with van der Waals surface area (Å²) in [6.45, 7) is 6.72. The van der Waals surface area contributed by atoms with Crippen LogP contribution in [0, 0.1) is 5.92 Å². The summed E-state index contributed by atoms with van der Waals surface area (Å²) in [5, 5.41) is 10.2. The highest BCUT2D eigenvalue weighted by Gasteiger charge is 2.49. The highest BCUT2D eigenvalue weighted by molar-refractivity contribution is 5.62. The number of rotatable bonds is 5. The van der Waals surface area contributed by atoms with Crippen LogP contribution in [-0.2, 0) is 4.74 Å². The first-order valence-corrected chi connectivity index (χ1v) is 12.0. The summed E-state index contributed by atoms with van der Waals surface area (Å²) in [5.74, 6) is 1.18. The van der Waals surface area contributed by atoms with Gasteiger partial charge < -0.3 is 14.7 Å². The average molecular weight is 422 g/mol. The van der Waals surface area contributed by atoms with E-state index in [4.69, 9.17) is 4.74 Å². The largest absolute Gasteiger partial charge is 0.395 e. The van der Waals surface area contributed by atoms with Gasteiger partial charge >= 0.3 is 0 Å². The minimum atomic E-state index is 0.242. The molecule has 1 aromatic heterocycles. The van der Waals surface area contributed by atoms with Crippen LogP contribution in [0.15, 0.2) is 48.8 Å². The average Bonchev–Trinajstić information content (AvgIpc) is 2.81. The summed E-state index contributed by atoms with van der Waals surface area (Å²) in [5.41, 5.74) is 3.71. The molecule has 3 aliphatic rings. The molecule has 1 aromatic carbocycles. The maximum atomic E-state index is 10.2. The van der Waals surface area contributed by atoms with Gasteiger partial charge in [0.2, 0.25) is 0 Å². The molecular formula is C26H35N3O2. The number of aliphatic hydroxyl groups is 1. The van der Waals surface area contributed by atoms with E-state index in [1.165, 1.54) is 49.9 Å². The fourth-order valence-corrected chi connectivity index (χ4v) is 5.90. The van der Waals surface area contributed by atoms with Crippen LogP contribution >= 0.6 is 0 Å². The molecule has 0 radical (unpaired) electrons. The SMILES string of the molecule is OC[C@H]1[C@@H](c2ccc(-c3cccnc3)cc2)[C@@H]2CN(CC3CCOCC3)CCCCN12. The van der Waals surface area contributed by atoms with Gasteiger partial charge in [-0.1, -0.05) is 30.3 Å². The molecule has 5 nitrogen and oxygen atoms in total. The Kier molecular flexibility index (Phi) is 6.65. The Morgan fingerprint density at radius 3 is 2.55 bits per heavy atom. The van der Waals surface area contributed by atoms with Crippen molar-refractivity contribution < 1.29 is 9.84 Å². The van der Waals surface area contributed by atoms with E-state index in [9.17, 15) is 5.11 Å². The van der Waals surface area contributed by atoms with Gasteiger partial charge in [-0.15, -0.1) is 0 Å². The van der Waals surface area contributed by atoms with Crippen LogP contribution in [0.5, 0.6) is 0 Å². The van der Waals surface area contributed by atoms with Gasteiger partial charge in [-0.05, 0) is 67.4 Å². The van der Waals surface area contributed by atoms with Crippen molar-refractivity contribution in [2.75, 3.05) is 46.0 Å². The number of hydrogen-bond donors (Lipinski definition) is 1. The highest BCUT2D eigenvalue weighted by atomic mass is 16.5. The first-order chi connectivity index (χ1) is 15.3. The smallest absolute Gasteiger partial charge is 0.0593 e. The van der Waals surface area contributed by atoms with Crippen molar-refractivity contribution in [3.05, 3.63) is 54.4 Å². The second-order valence-corrected chi connectivity index (χ2v) is 9.47. The number of aliphatic hydroxyl groups excluding tert-OH is 1. The zero-order valence-electron chi connectivity index (χ0n) is 18.4. The zero-order chi connectivity index (χ0) is 21.0. The summed E-state index contributed by atoms with van der Waals surface area (Å²) in [6, 6.07) is 13.8. The van der Waals surface area contributed by atoms with Crippen molar-refractivity contribution in [1.29, 1.82) is 0 Å². The van der Waals surface area contributed by atoms with E-state index >= 15 is 0 Å². The Labute approximate surface area is 186 Å². The lowest BCUT2D eigenvalue weighted by atomic mass is 9.74. The highest BCUT2D eigenvalue weighted by Crippen LogP contribution is 2.42. The van der Waals surface area contributed by atoms with Crippen LogP contribution in [0.2, 0.25) is 0 Å². The number of nitrogens with zero attached hydrogens (tertiary/aromatic N) is 3. The third-order valence-corrected chi connectivity index (χ3v) is 7.60. The van der Waals surface area contributed by atoms with Crippen LogP contribution in [-0.4, -0.2) is 78.0 Å². The minimum Gasteiger partial charge on any atom is -0.395 e. The van der Waals surface area contributed by atoms with Crippen LogP contribution in [0.1, 0.15) is 37.2 Å². The van der Waals surface area contributed by atoms with Crippen molar-refractivity contribution in [1.82, 2.24) is 14.8 Å². The molecule has 3 atom stereocenters. The quantitative estimate of drug-likeness (QED) is 0.802. The van der Waals surface area contributed by atoms with E-state index in [1.807, 2.05) is 18.5 Å². The molecule has 3 aliphatic heterocycles. The molecule has 5 rings (SSSR count). The maximum Gasteiger partial charge on any atom is 0.0593 e. The number of hydrogen-bond acceptors (Lipinski definition) is 5. The Balaban J connectivity index is 1.32. The Morgan fingerprint density at radius 2 is 1.81 bits per heavy atom. The van der Waals surface area contributed by atoms with Crippen LogP contribution in [0.3, 0.4) is 0 Å². The van der Waals surface area contributed by atoms with Gasteiger partial charge in [0.25, 0.3) is 0 Å².